The number of aryl methyl sites for hydroxylation is 1. The molecule has 5 rings (SSSR count). The van der Waals surface area contributed by atoms with Crippen molar-refractivity contribution < 1.29 is 29.3 Å². The molecule has 4 aromatic rings. The second-order valence-electron chi connectivity index (χ2n) is 9.47. The van der Waals surface area contributed by atoms with E-state index in [1.165, 1.54) is 18.1 Å². The number of ketones is 1. The van der Waals surface area contributed by atoms with E-state index in [2.05, 4.69) is 4.98 Å². The summed E-state index contributed by atoms with van der Waals surface area (Å²) in [5, 5.41) is 21.7. The van der Waals surface area contributed by atoms with Crippen molar-refractivity contribution in [3.8, 4) is 17.2 Å². The van der Waals surface area contributed by atoms with Gasteiger partial charge in [-0.2, -0.15) is 0 Å². The van der Waals surface area contributed by atoms with Gasteiger partial charge < -0.3 is 24.6 Å². The van der Waals surface area contributed by atoms with Gasteiger partial charge in [-0.15, -0.1) is 0 Å². The molecule has 2 N–H and O–H groups in total. The highest BCUT2D eigenvalue weighted by molar-refractivity contribution is 6.46. The van der Waals surface area contributed by atoms with Crippen LogP contribution in [-0.4, -0.2) is 38.9 Å². The van der Waals surface area contributed by atoms with Gasteiger partial charge in [0, 0.05) is 24.5 Å². The van der Waals surface area contributed by atoms with E-state index in [1.54, 1.807) is 61.8 Å². The number of hydrogen-bond donors (Lipinski definition) is 2. The quantitative estimate of drug-likeness (QED) is 0.179. The predicted octanol–water partition coefficient (Wildman–Crippen LogP) is 5.31. The molecule has 0 saturated carbocycles. The molecule has 0 spiro atoms. The average molecular weight is 537 g/mol. The second kappa shape index (κ2) is 11.3. The highest BCUT2D eigenvalue weighted by atomic mass is 16.5. The molecule has 202 valence electrons. The lowest BCUT2D eigenvalue weighted by molar-refractivity contribution is -0.140. The van der Waals surface area contributed by atoms with Crippen LogP contribution in [0.1, 0.15) is 33.9 Å². The minimum Gasteiger partial charge on any atom is -0.507 e. The van der Waals surface area contributed by atoms with Crippen LogP contribution in [0.2, 0.25) is 0 Å². The van der Waals surface area contributed by atoms with Crippen LogP contribution in [0.4, 0.5) is 0 Å². The number of aliphatic hydroxyl groups is 1. The van der Waals surface area contributed by atoms with Crippen molar-refractivity contribution in [1.82, 2.24) is 9.88 Å². The molecule has 1 aromatic heterocycles. The van der Waals surface area contributed by atoms with Crippen LogP contribution in [0.25, 0.3) is 5.76 Å². The van der Waals surface area contributed by atoms with Crippen LogP contribution in [0.5, 0.6) is 17.2 Å². The number of pyridine rings is 1. The van der Waals surface area contributed by atoms with Crippen molar-refractivity contribution in [3.05, 3.63) is 125 Å². The van der Waals surface area contributed by atoms with Gasteiger partial charge in [-0.1, -0.05) is 42.5 Å². The van der Waals surface area contributed by atoms with Gasteiger partial charge in [0.15, 0.2) is 11.5 Å². The number of aliphatic hydroxyl groups excluding tert-OH is 1. The van der Waals surface area contributed by atoms with Crippen molar-refractivity contribution in [2.24, 2.45) is 0 Å². The van der Waals surface area contributed by atoms with Gasteiger partial charge in [-0.25, -0.2) is 0 Å². The first-order valence-corrected chi connectivity index (χ1v) is 12.7. The summed E-state index contributed by atoms with van der Waals surface area (Å²) in [7, 11) is 1.41. The Hall–Kier alpha value is -5.11. The monoisotopic (exact) mass is 536 g/mol. The molecule has 1 fully saturated rings. The lowest BCUT2D eigenvalue weighted by atomic mass is 9.93. The zero-order chi connectivity index (χ0) is 28.2. The molecule has 2 heterocycles. The molecule has 1 amide bonds. The molecule has 0 aliphatic carbocycles. The first-order valence-electron chi connectivity index (χ1n) is 12.7. The summed E-state index contributed by atoms with van der Waals surface area (Å²) in [5.74, 6) is -1.14. The molecule has 1 saturated heterocycles. The van der Waals surface area contributed by atoms with Gasteiger partial charge in [-0.3, -0.25) is 14.6 Å². The van der Waals surface area contributed by atoms with Gasteiger partial charge in [0.25, 0.3) is 11.7 Å². The van der Waals surface area contributed by atoms with Crippen molar-refractivity contribution in [2.75, 3.05) is 7.11 Å². The van der Waals surface area contributed by atoms with Crippen LogP contribution in [0.15, 0.2) is 96.8 Å². The van der Waals surface area contributed by atoms with Crippen molar-refractivity contribution >= 4 is 17.4 Å². The maximum absolute atomic E-state index is 13.4. The Morgan fingerprint density at radius 2 is 1.75 bits per heavy atom. The number of hydrogen-bond acceptors (Lipinski definition) is 7. The molecule has 1 aliphatic heterocycles. The topological polar surface area (TPSA) is 109 Å². The van der Waals surface area contributed by atoms with E-state index < -0.39 is 17.7 Å². The van der Waals surface area contributed by atoms with Crippen molar-refractivity contribution in [3.63, 3.8) is 0 Å². The Morgan fingerprint density at radius 1 is 0.975 bits per heavy atom. The standard InChI is InChI=1S/C32H28N2O6/c1-20-15-24(40-19-21-7-4-3-5-8-21)11-12-25(20)30(36)28-29(23-10-13-26(35)27(16-23)39-2)34(32(38)31(28)37)18-22-9-6-14-33-17-22/h3-17,29,35-36H,18-19H2,1-2H3/b30-28+/t29-/m0/s1. The minimum atomic E-state index is -0.928. The summed E-state index contributed by atoms with van der Waals surface area (Å²) in [4.78, 5) is 32.3. The summed E-state index contributed by atoms with van der Waals surface area (Å²) >= 11 is 0. The molecule has 0 bridgehead atoms. The number of rotatable bonds is 8. The fraction of sp³-hybridized carbons (Fsp3) is 0.156. The summed E-state index contributed by atoms with van der Waals surface area (Å²) in [5.41, 5.74) is 3.26. The molecule has 40 heavy (non-hydrogen) atoms. The molecule has 8 heteroatoms. The summed E-state index contributed by atoms with van der Waals surface area (Å²) < 4.78 is 11.2. The fourth-order valence-corrected chi connectivity index (χ4v) is 4.82. The Labute approximate surface area is 231 Å². The first-order chi connectivity index (χ1) is 19.4. The van der Waals surface area contributed by atoms with E-state index in [4.69, 9.17) is 9.47 Å². The van der Waals surface area contributed by atoms with Crippen LogP contribution in [0, 0.1) is 6.92 Å². The number of amides is 1. The van der Waals surface area contributed by atoms with Gasteiger partial charge in [0.05, 0.1) is 18.7 Å². The molecule has 1 atom stereocenters. The maximum atomic E-state index is 13.4. The van der Waals surface area contributed by atoms with E-state index >= 15 is 0 Å². The minimum absolute atomic E-state index is 0.0531. The van der Waals surface area contributed by atoms with E-state index in [0.29, 0.717) is 29.0 Å². The Balaban J connectivity index is 1.55. The SMILES string of the molecule is COc1cc([C@H]2/C(=C(\O)c3ccc(OCc4ccccc4)cc3C)C(=O)C(=O)N2Cc2cccnc2)ccc1O. The number of likely N-dealkylation sites (tertiary alicyclic amines) is 1. The zero-order valence-corrected chi connectivity index (χ0v) is 22.1. The van der Waals surface area contributed by atoms with Gasteiger partial charge >= 0.3 is 0 Å². The molecule has 0 radical (unpaired) electrons. The average Bonchev–Trinajstić information content (AvgIpc) is 3.22. The highest BCUT2D eigenvalue weighted by Crippen LogP contribution is 2.43. The van der Waals surface area contributed by atoms with Crippen LogP contribution in [-0.2, 0) is 22.7 Å². The molecule has 0 unspecified atom stereocenters. The Kier molecular flexibility index (Phi) is 7.50. The Bertz CT molecular complexity index is 1580. The largest absolute Gasteiger partial charge is 0.507 e. The number of phenols is 1. The number of aromatic nitrogens is 1. The lowest BCUT2D eigenvalue weighted by Crippen LogP contribution is -2.29. The summed E-state index contributed by atoms with van der Waals surface area (Å²) in [6.07, 6.45) is 3.24. The van der Waals surface area contributed by atoms with Gasteiger partial charge in [-0.05, 0) is 65.6 Å². The molecule has 8 nitrogen and oxygen atoms in total. The smallest absolute Gasteiger partial charge is 0.295 e. The third-order valence-corrected chi connectivity index (χ3v) is 6.84. The number of nitrogens with zero attached hydrogens (tertiary/aromatic N) is 2. The number of methoxy groups -OCH3 is 1. The molecule has 3 aromatic carbocycles. The maximum Gasteiger partial charge on any atom is 0.295 e. The van der Waals surface area contributed by atoms with E-state index in [9.17, 15) is 19.8 Å². The number of Topliss-reactive ketones (excluding diaryl/α,β-unsaturated/α-hetero) is 1. The van der Waals surface area contributed by atoms with E-state index in [1.807, 2.05) is 30.3 Å². The summed E-state index contributed by atoms with van der Waals surface area (Å²) in [6.45, 7) is 2.27. The zero-order valence-electron chi connectivity index (χ0n) is 22.1. The van der Waals surface area contributed by atoms with E-state index in [0.717, 1.165) is 11.1 Å². The number of ether oxygens (including phenoxy) is 2. The summed E-state index contributed by atoms with van der Waals surface area (Å²) in [6, 6.07) is 22.1. The Morgan fingerprint density at radius 3 is 2.45 bits per heavy atom. The molecular weight excluding hydrogens is 508 g/mol. The predicted molar refractivity (Wildman–Crippen MR) is 149 cm³/mol. The van der Waals surface area contributed by atoms with Crippen LogP contribution >= 0.6 is 0 Å². The third kappa shape index (κ3) is 5.24. The van der Waals surface area contributed by atoms with Gasteiger partial charge in [0.1, 0.15) is 18.1 Å². The third-order valence-electron chi connectivity index (χ3n) is 6.84. The number of benzene rings is 3. The van der Waals surface area contributed by atoms with E-state index in [-0.39, 0.29) is 29.4 Å². The number of aromatic hydroxyl groups is 1. The second-order valence-corrected chi connectivity index (χ2v) is 9.47. The number of carbonyl (C=O) groups is 2. The van der Waals surface area contributed by atoms with Gasteiger partial charge in [0.2, 0.25) is 0 Å². The van der Waals surface area contributed by atoms with Crippen LogP contribution < -0.4 is 9.47 Å². The lowest BCUT2D eigenvalue weighted by Gasteiger charge is -2.26. The highest BCUT2D eigenvalue weighted by Gasteiger charge is 2.46. The van der Waals surface area contributed by atoms with Crippen molar-refractivity contribution in [2.45, 2.75) is 26.1 Å². The van der Waals surface area contributed by atoms with Crippen LogP contribution in [0.3, 0.4) is 0 Å². The molecule has 1 aliphatic rings. The first kappa shape index (κ1) is 26.5. The number of carbonyl (C=O) groups excluding carboxylic acids is 2. The fourth-order valence-electron chi connectivity index (χ4n) is 4.82. The normalized spacial score (nSPS) is 16.2. The molecular formula is C32H28N2O6. The number of phenolic OH excluding ortho intramolecular Hbond substituents is 1. The van der Waals surface area contributed by atoms with Crippen molar-refractivity contribution in [1.29, 1.82) is 0 Å².